The van der Waals surface area contributed by atoms with Gasteiger partial charge in [0, 0.05) is 17.8 Å². The van der Waals surface area contributed by atoms with Gasteiger partial charge in [0.2, 0.25) is 0 Å². The molecule has 1 aromatic heterocycles. The summed E-state index contributed by atoms with van der Waals surface area (Å²) in [5.41, 5.74) is -0.310. The van der Waals surface area contributed by atoms with Crippen molar-refractivity contribution >= 4 is 23.2 Å². The van der Waals surface area contributed by atoms with E-state index in [9.17, 15) is 13.6 Å². The molecule has 0 aliphatic carbocycles. The van der Waals surface area contributed by atoms with Crippen LogP contribution in [0.25, 0.3) is 0 Å². The fourth-order valence-corrected chi connectivity index (χ4v) is 1.81. The van der Waals surface area contributed by atoms with Crippen molar-refractivity contribution in [1.29, 1.82) is 0 Å². The van der Waals surface area contributed by atoms with Crippen molar-refractivity contribution in [2.75, 3.05) is 5.32 Å². The summed E-state index contributed by atoms with van der Waals surface area (Å²) in [5, 5.41) is 28.0. The van der Waals surface area contributed by atoms with Crippen molar-refractivity contribution in [1.82, 2.24) is 4.98 Å². The van der Waals surface area contributed by atoms with E-state index in [4.69, 9.17) is 26.9 Å². The largest absolute Gasteiger partial charge is 0.453 e. The lowest BCUT2D eigenvalue weighted by molar-refractivity contribution is -0.419. The molecule has 0 fully saturated rings. The van der Waals surface area contributed by atoms with E-state index < -0.39 is 23.7 Å². The van der Waals surface area contributed by atoms with Gasteiger partial charge in [-0.15, -0.1) is 0 Å². The third-order valence-electron chi connectivity index (χ3n) is 2.46. The third-order valence-corrected chi connectivity index (χ3v) is 2.75. The second-order valence-electron chi connectivity index (χ2n) is 4.26. The lowest BCUT2D eigenvalue weighted by Crippen LogP contribution is -2.34. The van der Waals surface area contributed by atoms with Crippen LogP contribution in [0.3, 0.4) is 0 Å². The number of hydrogen-bond acceptors (Lipinski definition) is 6. The number of nitrogens with zero attached hydrogens (tertiary/aromatic N) is 1. The second kappa shape index (κ2) is 6.42. The third kappa shape index (κ3) is 4.57. The fourth-order valence-electron chi connectivity index (χ4n) is 1.57. The molecule has 0 bridgehead atoms. The van der Waals surface area contributed by atoms with Gasteiger partial charge in [-0.05, 0) is 12.1 Å². The van der Waals surface area contributed by atoms with E-state index in [0.29, 0.717) is 0 Å². The molecular weight excluding hydrogens is 338 g/mol. The van der Waals surface area contributed by atoms with Gasteiger partial charge in [0.1, 0.15) is 11.4 Å². The van der Waals surface area contributed by atoms with Crippen LogP contribution in [0.2, 0.25) is 5.02 Å². The number of aliphatic hydroxyl groups is 3. The standard InChI is InChI=1S/C13H9ClF2N2O5/c14-8-4-7(23-13(20,21)22)5-17-11(8)12(19)18-6-1-2-9(15)10(16)3-6/h1-5,20-22H,(H,18,19). The molecule has 23 heavy (non-hydrogen) atoms. The highest BCUT2D eigenvalue weighted by Crippen LogP contribution is 2.23. The Labute approximate surface area is 132 Å². The highest BCUT2D eigenvalue weighted by atomic mass is 35.5. The van der Waals surface area contributed by atoms with Crippen LogP contribution < -0.4 is 10.1 Å². The number of carbonyl (C=O) groups excluding carboxylic acids is 1. The molecule has 0 saturated heterocycles. The molecule has 1 heterocycles. The van der Waals surface area contributed by atoms with Gasteiger partial charge in [-0.2, -0.15) is 0 Å². The Bertz CT molecular complexity index is 752. The quantitative estimate of drug-likeness (QED) is 0.620. The normalized spacial score (nSPS) is 11.2. The van der Waals surface area contributed by atoms with Gasteiger partial charge in [0.15, 0.2) is 11.6 Å². The summed E-state index contributed by atoms with van der Waals surface area (Å²) in [7, 11) is 0. The van der Waals surface area contributed by atoms with Gasteiger partial charge in [-0.25, -0.2) is 13.8 Å². The molecule has 7 nitrogen and oxygen atoms in total. The van der Waals surface area contributed by atoms with Crippen LogP contribution in [0, 0.1) is 11.6 Å². The predicted molar refractivity (Wildman–Crippen MR) is 73.6 cm³/mol. The number of nitrogens with one attached hydrogen (secondary N) is 1. The van der Waals surface area contributed by atoms with Crippen molar-refractivity contribution in [3.8, 4) is 5.75 Å². The lowest BCUT2D eigenvalue weighted by atomic mass is 10.2. The highest BCUT2D eigenvalue weighted by molar-refractivity contribution is 6.34. The summed E-state index contributed by atoms with van der Waals surface area (Å²) in [6.45, 7) is 0. The second-order valence-corrected chi connectivity index (χ2v) is 4.67. The topological polar surface area (TPSA) is 112 Å². The fraction of sp³-hybridized carbons (Fsp3) is 0.0769. The van der Waals surface area contributed by atoms with Gasteiger partial charge in [-0.3, -0.25) is 4.79 Å². The number of carbonyl (C=O) groups is 1. The first-order chi connectivity index (χ1) is 10.7. The zero-order chi connectivity index (χ0) is 17.2. The molecule has 0 atom stereocenters. The van der Waals surface area contributed by atoms with Crippen LogP contribution in [-0.2, 0) is 0 Å². The zero-order valence-corrected chi connectivity index (χ0v) is 11.9. The lowest BCUT2D eigenvalue weighted by Gasteiger charge is -2.15. The molecule has 0 aliphatic rings. The molecule has 4 N–H and O–H groups in total. The molecule has 0 saturated carbocycles. The number of pyridine rings is 1. The highest BCUT2D eigenvalue weighted by Gasteiger charge is 2.22. The van der Waals surface area contributed by atoms with E-state index >= 15 is 0 Å². The van der Waals surface area contributed by atoms with Crippen molar-refractivity contribution in [2.24, 2.45) is 0 Å². The average molecular weight is 347 g/mol. The van der Waals surface area contributed by atoms with Gasteiger partial charge in [-0.1, -0.05) is 11.6 Å². The molecule has 0 spiro atoms. The van der Waals surface area contributed by atoms with Crippen molar-refractivity contribution in [3.05, 3.63) is 52.8 Å². The SMILES string of the molecule is O=C(Nc1ccc(F)c(F)c1)c1ncc(OC(O)(O)O)cc1Cl. The molecule has 2 aromatic rings. The van der Waals surface area contributed by atoms with Crippen molar-refractivity contribution in [2.45, 2.75) is 6.16 Å². The van der Waals surface area contributed by atoms with Crippen molar-refractivity contribution in [3.63, 3.8) is 0 Å². The summed E-state index contributed by atoms with van der Waals surface area (Å²) < 4.78 is 30.1. The number of halogens is 3. The number of benzene rings is 1. The number of rotatable bonds is 4. The number of ether oxygens (including phenoxy) is 1. The van der Waals surface area contributed by atoms with Crippen LogP contribution >= 0.6 is 11.6 Å². The van der Waals surface area contributed by atoms with Gasteiger partial charge >= 0.3 is 6.16 Å². The molecule has 1 aromatic carbocycles. The van der Waals surface area contributed by atoms with Gasteiger partial charge in [0.05, 0.1) is 11.2 Å². The van der Waals surface area contributed by atoms with Crippen LogP contribution in [0.5, 0.6) is 5.75 Å². The Hall–Kier alpha value is -2.33. The Balaban J connectivity index is 2.17. The molecule has 0 unspecified atom stereocenters. The summed E-state index contributed by atoms with van der Waals surface area (Å²) in [5.74, 6) is -3.36. The average Bonchev–Trinajstić information content (AvgIpc) is 2.41. The summed E-state index contributed by atoms with van der Waals surface area (Å²) in [6.07, 6.45) is -2.54. The van der Waals surface area contributed by atoms with Crippen LogP contribution in [0.15, 0.2) is 30.5 Å². The Morgan fingerprint density at radius 2 is 1.91 bits per heavy atom. The van der Waals surface area contributed by atoms with Crippen LogP contribution in [0.1, 0.15) is 10.5 Å². The molecule has 10 heteroatoms. The monoisotopic (exact) mass is 346 g/mol. The maximum absolute atomic E-state index is 13.1. The van der Waals surface area contributed by atoms with E-state index in [-0.39, 0.29) is 22.2 Å². The van der Waals surface area contributed by atoms with E-state index in [1.807, 2.05) is 0 Å². The summed E-state index contributed by atoms with van der Waals surface area (Å²) in [6, 6.07) is 3.74. The number of hydrogen-bond donors (Lipinski definition) is 4. The minimum Gasteiger partial charge on any atom is -0.415 e. The molecule has 0 aliphatic heterocycles. The zero-order valence-electron chi connectivity index (χ0n) is 11.1. The molecule has 122 valence electrons. The summed E-state index contributed by atoms with van der Waals surface area (Å²) in [4.78, 5) is 15.6. The first kappa shape index (κ1) is 17.0. The first-order valence-corrected chi connectivity index (χ1v) is 6.31. The predicted octanol–water partition coefficient (Wildman–Crippen LogP) is 1.23. The molecular formula is C13H9ClF2N2O5. The smallest absolute Gasteiger partial charge is 0.415 e. The van der Waals surface area contributed by atoms with Crippen molar-refractivity contribution < 1.29 is 33.6 Å². The molecule has 2 rings (SSSR count). The minimum absolute atomic E-state index is 0.0211. The Morgan fingerprint density at radius 3 is 2.48 bits per heavy atom. The van der Waals surface area contributed by atoms with Gasteiger partial charge in [0.25, 0.3) is 5.91 Å². The number of aromatic nitrogens is 1. The molecule has 0 radical (unpaired) electrons. The van der Waals surface area contributed by atoms with E-state index in [1.165, 1.54) is 0 Å². The van der Waals surface area contributed by atoms with Crippen LogP contribution in [0.4, 0.5) is 14.5 Å². The van der Waals surface area contributed by atoms with E-state index in [1.54, 1.807) is 0 Å². The maximum atomic E-state index is 13.1. The summed E-state index contributed by atoms with van der Waals surface area (Å²) >= 11 is 5.79. The van der Waals surface area contributed by atoms with E-state index in [2.05, 4.69) is 15.0 Å². The van der Waals surface area contributed by atoms with E-state index in [0.717, 1.165) is 30.5 Å². The number of amides is 1. The number of anilines is 1. The first-order valence-electron chi connectivity index (χ1n) is 5.94. The maximum Gasteiger partial charge on any atom is 0.453 e. The Morgan fingerprint density at radius 1 is 1.22 bits per heavy atom. The van der Waals surface area contributed by atoms with Gasteiger partial charge < -0.3 is 25.4 Å². The minimum atomic E-state index is -3.43. The Kier molecular flexibility index (Phi) is 4.76. The van der Waals surface area contributed by atoms with Crippen LogP contribution in [-0.4, -0.2) is 32.4 Å². The molecule has 1 amide bonds.